The smallest absolute Gasteiger partial charge is 0.151 e. The number of carbonyl (C=O) groups is 2. The van der Waals surface area contributed by atoms with Gasteiger partial charge in [0.15, 0.2) is 11.6 Å². The van der Waals surface area contributed by atoms with Gasteiger partial charge in [-0.2, -0.15) is 0 Å². The highest BCUT2D eigenvalue weighted by atomic mass is 16.1. The minimum absolute atomic E-state index is 0.00820. The van der Waals surface area contributed by atoms with Crippen LogP contribution >= 0.6 is 0 Å². The van der Waals surface area contributed by atoms with Gasteiger partial charge in [0, 0.05) is 11.8 Å². The molecule has 0 aliphatic rings. The zero-order chi connectivity index (χ0) is 12.2. The predicted octanol–water partition coefficient (Wildman–Crippen LogP) is 1.80. The van der Waals surface area contributed by atoms with Gasteiger partial charge in [-0.1, -0.05) is 27.7 Å². The van der Waals surface area contributed by atoms with E-state index in [-0.39, 0.29) is 35.5 Å². The molecule has 2 unspecified atom stereocenters. The second kappa shape index (κ2) is 6.01. The van der Waals surface area contributed by atoms with Gasteiger partial charge < -0.3 is 0 Å². The van der Waals surface area contributed by atoms with Crippen molar-refractivity contribution >= 4 is 11.6 Å². The van der Waals surface area contributed by atoms with E-state index >= 15 is 0 Å². The topological polar surface area (TPSA) is 46.2 Å². The number of hydrogen-bond acceptors (Lipinski definition) is 3. The van der Waals surface area contributed by atoms with Crippen LogP contribution in [0.2, 0.25) is 0 Å². The van der Waals surface area contributed by atoms with Gasteiger partial charge in [0.25, 0.3) is 0 Å². The van der Waals surface area contributed by atoms with Crippen molar-refractivity contribution in [3.05, 3.63) is 0 Å². The van der Waals surface area contributed by atoms with Crippen LogP contribution < -0.4 is 5.32 Å². The van der Waals surface area contributed by atoms with Gasteiger partial charge in [-0.3, -0.25) is 14.9 Å². The summed E-state index contributed by atoms with van der Waals surface area (Å²) < 4.78 is 0. The monoisotopic (exact) mass is 213 g/mol. The van der Waals surface area contributed by atoms with Crippen LogP contribution in [-0.2, 0) is 9.59 Å². The summed E-state index contributed by atoms with van der Waals surface area (Å²) in [6.45, 7) is 11.1. The first kappa shape index (κ1) is 14.3. The average Bonchev–Trinajstić information content (AvgIpc) is 2.14. The van der Waals surface area contributed by atoms with Crippen molar-refractivity contribution in [1.29, 1.82) is 0 Å². The molecule has 0 spiro atoms. The van der Waals surface area contributed by atoms with E-state index in [1.165, 1.54) is 0 Å². The first-order valence-corrected chi connectivity index (χ1v) is 5.60. The fourth-order valence-corrected chi connectivity index (χ4v) is 1.54. The molecule has 2 atom stereocenters. The molecule has 0 radical (unpaired) electrons. The minimum Gasteiger partial charge on any atom is -0.298 e. The van der Waals surface area contributed by atoms with Crippen LogP contribution in [0.3, 0.4) is 0 Å². The van der Waals surface area contributed by atoms with Crippen LogP contribution in [-0.4, -0.2) is 23.7 Å². The summed E-state index contributed by atoms with van der Waals surface area (Å²) in [6.07, 6.45) is 0. The summed E-state index contributed by atoms with van der Waals surface area (Å²) in [7, 11) is 0. The van der Waals surface area contributed by atoms with Crippen LogP contribution in [0.5, 0.6) is 0 Å². The van der Waals surface area contributed by atoms with Crippen molar-refractivity contribution < 1.29 is 9.59 Å². The Bertz CT molecular complexity index is 210. The lowest BCUT2D eigenvalue weighted by molar-refractivity contribution is -0.126. The molecule has 88 valence electrons. The normalized spacial score (nSPS) is 15.5. The van der Waals surface area contributed by atoms with Crippen molar-refractivity contribution in [3.63, 3.8) is 0 Å². The van der Waals surface area contributed by atoms with Crippen LogP contribution in [0, 0.1) is 11.8 Å². The third kappa shape index (κ3) is 4.56. The maximum atomic E-state index is 11.6. The molecule has 0 heterocycles. The maximum absolute atomic E-state index is 11.6. The Morgan fingerprint density at radius 3 is 1.20 bits per heavy atom. The van der Waals surface area contributed by atoms with Gasteiger partial charge >= 0.3 is 0 Å². The van der Waals surface area contributed by atoms with Crippen LogP contribution in [0.1, 0.15) is 41.5 Å². The lowest BCUT2D eigenvalue weighted by Crippen LogP contribution is -2.46. The summed E-state index contributed by atoms with van der Waals surface area (Å²) in [5.74, 6) is 0.319. The van der Waals surface area contributed by atoms with E-state index in [2.05, 4.69) is 5.32 Å². The number of ketones is 2. The number of rotatable bonds is 6. The molecule has 0 aromatic rings. The van der Waals surface area contributed by atoms with Gasteiger partial charge in [0.1, 0.15) is 0 Å². The fourth-order valence-electron chi connectivity index (χ4n) is 1.54. The summed E-state index contributed by atoms with van der Waals surface area (Å²) in [5, 5.41) is 3.04. The highest BCUT2D eigenvalue weighted by Crippen LogP contribution is 2.04. The lowest BCUT2D eigenvalue weighted by Gasteiger charge is -2.20. The van der Waals surface area contributed by atoms with Gasteiger partial charge in [0.2, 0.25) is 0 Å². The van der Waals surface area contributed by atoms with Gasteiger partial charge in [-0.25, -0.2) is 0 Å². The first-order valence-electron chi connectivity index (χ1n) is 5.60. The van der Waals surface area contributed by atoms with Crippen molar-refractivity contribution in [2.75, 3.05) is 0 Å². The Kier molecular flexibility index (Phi) is 5.73. The van der Waals surface area contributed by atoms with Crippen molar-refractivity contribution in [2.24, 2.45) is 11.8 Å². The van der Waals surface area contributed by atoms with Crippen LogP contribution in [0.25, 0.3) is 0 Å². The second-order valence-corrected chi connectivity index (χ2v) is 4.72. The third-order valence-corrected chi connectivity index (χ3v) is 2.49. The number of nitrogens with one attached hydrogen (secondary N) is 1. The molecule has 0 rings (SSSR count). The molecule has 0 aromatic heterocycles. The Labute approximate surface area is 92.6 Å². The molecular weight excluding hydrogens is 190 g/mol. The molecule has 0 aromatic carbocycles. The highest BCUT2D eigenvalue weighted by Gasteiger charge is 2.22. The van der Waals surface area contributed by atoms with Crippen molar-refractivity contribution in [3.8, 4) is 0 Å². The average molecular weight is 213 g/mol. The number of carbonyl (C=O) groups excluding carboxylic acids is 2. The SMILES string of the molecule is CC(C)C(=O)C(C)NC(C)C(=O)C(C)C. The van der Waals surface area contributed by atoms with E-state index in [4.69, 9.17) is 0 Å². The summed E-state index contributed by atoms with van der Waals surface area (Å²) >= 11 is 0. The molecular formula is C12H23NO2. The summed E-state index contributed by atoms with van der Waals surface area (Å²) in [4.78, 5) is 23.2. The molecule has 0 aliphatic carbocycles. The Morgan fingerprint density at radius 1 is 0.733 bits per heavy atom. The van der Waals surface area contributed by atoms with Gasteiger partial charge in [-0.15, -0.1) is 0 Å². The van der Waals surface area contributed by atoms with Crippen LogP contribution in [0.4, 0.5) is 0 Å². The molecule has 0 aliphatic heterocycles. The number of hydrogen-bond donors (Lipinski definition) is 1. The molecule has 1 N–H and O–H groups in total. The Balaban J connectivity index is 4.24. The predicted molar refractivity (Wildman–Crippen MR) is 61.7 cm³/mol. The fraction of sp³-hybridized carbons (Fsp3) is 0.833. The molecule has 3 nitrogen and oxygen atoms in total. The lowest BCUT2D eigenvalue weighted by atomic mass is 9.99. The Hall–Kier alpha value is -0.700. The van der Waals surface area contributed by atoms with Crippen molar-refractivity contribution in [1.82, 2.24) is 5.32 Å². The molecule has 0 saturated carbocycles. The summed E-state index contributed by atoms with van der Waals surface area (Å²) in [6, 6.07) is -0.495. The number of Topliss-reactive ketones (excluding diaryl/α,β-unsaturated/α-hetero) is 2. The quantitative estimate of drug-likeness (QED) is 0.732. The van der Waals surface area contributed by atoms with E-state index in [0.29, 0.717) is 0 Å². The second-order valence-electron chi connectivity index (χ2n) is 4.72. The third-order valence-electron chi connectivity index (χ3n) is 2.49. The Morgan fingerprint density at radius 2 is 1.00 bits per heavy atom. The van der Waals surface area contributed by atoms with E-state index in [0.717, 1.165) is 0 Å². The minimum atomic E-state index is -0.248. The van der Waals surface area contributed by atoms with Gasteiger partial charge in [-0.05, 0) is 13.8 Å². The molecule has 0 bridgehead atoms. The van der Waals surface area contributed by atoms with Crippen molar-refractivity contribution in [2.45, 2.75) is 53.6 Å². The van der Waals surface area contributed by atoms with E-state index in [1.54, 1.807) is 0 Å². The van der Waals surface area contributed by atoms with Gasteiger partial charge in [0.05, 0.1) is 12.1 Å². The molecule has 0 saturated heterocycles. The van der Waals surface area contributed by atoms with E-state index in [1.807, 2.05) is 41.5 Å². The highest BCUT2D eigenvalue weighted by molar-refractivity contribution is 5.88. The molecule has 3 heteroatoms. The van der Waals surface area contributed by atoms with Crippen LogP contribution in [0.15, 0.2) is 0 Å². The van der Waals surface area contributed by atoms with E-state index < -0.39 is 0 Å². The van der Waals surface area contributed by atoms with E-state index in [9.17, 15) is 9.59 Å². The zero-order valence-corrected chi connectivity index (χ0v) is 10.6. The molecule has 0 amide bonds. The zero-order valence-electron chi connectivity index (χ0n) is 10.6. The largest absolute Gasteiger partial charge is 0.298 e. The first-order chi connectivity index (χ1) is 6.77. The molecule has 15 heavy (non-hydrogen) atoms. The maximum Gasteiger partial charge on any atom is 0.151 e. The standard InChI is InChI=1S/C12H23NO2/c1-7(2)11(14)9(5)13-10(6)12(15)8(3)4/h7-10,13H,1-6H3. The molecule has 0 fully saturated rings. The summed E-state index contributed by atoms with van der Waals surface area (Å²) in [5.41, 5.74) is 0.